The Morgan fingerprint density at radius 2 is 1.97 bits per heavy atom. The molecule has 32 heavy (non-hydrogen) atoms. The summed E-state index contributed by atoms with van der Waals surface area (Å²) in [6.07, 6.45) is -3.06. The summed E-state index contributed by atoms with van der Waals surface area (Å²) in [5.74, 6) is -1.33. The van der Waals surface area contributed by atoms with Gasteiger partial charge in [-0.2, -0.15) is 13.2 Å². The van der Waals surface area contributed by atoms with Gasteiger partial charge in [0.15, 0.2) is 0 Å². The average Bonchev–Trinajstić information content (AvgIpc) is 3.28. The molecule has 0 aliphatic rings. The Hall–Kier alpha value is -3.27. The second kappa shape index (κ2) is 8.34. The second-order valence-electron chi connectivity index (χ2n) is 7.07. The third kappa shape index (κ3) is 4.50. The van der Waals surface area contributed by atoms with Crippen molar-refractivity contribution in [1.29, 1.82) is 0 Å². The van der Waals surface area contributed by atoms with Gasteiger partial charge < -0.3 is 14.1 Å². The van der Waals surface area contributed by atoms with Gasteiger partial charge in [-0.1, -0.05) is 0 Å². The summed E-state index contributed by atoms with van der Waals surface area (Å²) in [5, 5.41) is 9.87. The molecule has 0 bridgehead atoms. The molecule has 0 saturated heterocycles. The number of rotatable bonds is 6. The third-order valence-corrected chi connectivity index (χ3v) is 5.83. The molecular formula is C22H16F4N2O3S. The van der Waals surface area contributed by atoms with Crippen LogP contribution in [-0.2, 0) is 23.3 Å². The minimum atomic E-state index is -4.77. The van der Waals surface area contributed by atoms with Crippen molar-refractivity contribution in [1.82, 2.24) is 9.55 Å². The highest BCUT2D eigenvalue weighted by Gasteiger charge is 2.34. The van der Waals surface area contributed by atoms with Crippen molar-refractivity contribution in [3.8, 4) is 11.5 Å². The van der Waals surface area contributed by atoms with E-state index in [0.29, 0.717) is 23.3 Å². The molecule has 0 fully saturated rings. The molecule has 5 nitrogen and oxygen atoms in total. The van der Waals surface area contributed by atoms with Crippen molar-refractivity contribution < 1.29 is 31.9 Å². The number of oxazole rings is 1. The predicted octanol–water partition coefficient (Wildman–Crippen LogP) is 6.14. The van der Waals surface area contributed by atoms with Gasteiger partial charge in [0.25, 0.3) is 0 Å². The summed E-state index contributed by atoms with van der Waals surface area (Å²) in [5.41, 5.74) is 0.143. The van der Waals surface area contributed by atoms with Crippen molar-refractivity contribution in [2.45, 2.75) is 30.3 Å². The number of carboxylic acids is 1. The van der Waals surface area contributed by atoms with Crippen LogP contribution in [0.1, 0.15) is 17.0 Å². The molecule has 4 aromatic rings. The Kier molecular flexibility index (Phi) is 5.72. The number of hydrogen-bond donors (Lipinski definition) is 1. The van der Waals surface area contributed by atoms with Crippen molar-refractivity contribution >= 4 is 28.6 Å². The zero-order chi connectivity index (χ0) is 23.0. The molecule has 0 unspecified atom stereocenters. The molecule has 4 rings (SSSR count). The summed E-state index contributed by atoms with van der Waals surface area (Å²) >= 11 is 1.46. The van der Waals surface area contributed by atoms with Crippen LogP contribution in [0.2, 0.25) is 0 Å². The van der Waals surface area contributed by atoms with E-state index < -0.39 is 23.5 Å². The van der Waals surface area contributed by atoms with E-state index >= 15 is 0 Å². The van der Waals surface area contributed by atoms with E-state index in [-0.39, 0.29) is 18.0 Å². The summed E-state index contributed by atoms with van der Waals surface area (Å²) in [6, 6.07) is 10.0. The lowest BCUT2D eigenvalue weighted by Crippen LogP contribution is -2.07. The van der Waals surface area contributed by atoms with Gasteiger partial charge in [-0.25, -0.2) is 9.37 Å². The first kappa shape index (κ1) is 21.9. The number of aromatic nitrogens is 2. The molecule has 10 heteroatoms. The fourth-order valence-corrected chi connectivity index (χ4v) is 4.20. The number of aryl methyl sites for hydroxylation is 1. The first-order valence-corrected chi connectivity index (χ1v) is 10.4. The molecular weight excluding hydrogens is 448 g/mol. The number of fused-ring (bicyclic) bond motifs is 1. The van der Waals surface area contributed by atoms with Crippen molar-refractivity contribution in [3.63, 3.8) is 0 Å². The summed E-state index contributed by atoms with van der Waals surface area (Å²) in [6.45, 7) is 1.58. The monoisotopic (exact) mass is 464 g/mol. The van der Waals surface area contributed by atoms with E-state index in [1.54, 1.807) is 17.7 Å². The maximum Gasteiger partial charge on any atom is 0.419 e. The van der Waals surface area contributed by atoms with Crippen LogP contribution in [0.3, 0.4) is 0 Å². The minimum Gasteiger partial charge on any atom is -0.480 e. The Morgan fingerprint density at radius 1 is 1.19 bits per heavy atom. The highest BCUT2D eigenvalue weighted by molar-refractivity contribution is 7.98. The van der Waals surface area contributed by atoms with Gasteiger partial charge in [0.1, 0.15) is 18.1 Å². The van der Waals surface area contributed by atoms with Crippen LogP contribution in [0.25, 0.3) is 22.4 Å². The van der Waals surface area contributed by atoms with Gasteiger partial charge in [-0.15, -0.1) is 11.8 Å². The molecule has 0 amide bonds. The summed E-state index contributed by atoms with van der Waals surface area (Å²) < 4.78 is 59.5. The van der Waals surface area contributed by atoms with Crippen LogP contribution >= 0.6 is 11.8 Å². The van der Waals surface area contributed by atoms with Gasteiger partial charge in [0, 0.05) is 27.6 Å². The fraction of sp³-hybridized carbons (Fsp3) is 0.182. The molecule has 2 aromatic heterocycles. The van der Waals surface area contributed by atoms with Crippen LogP contribution < -0.4 is 0 Å². The van der Waals surface area contributed by atoms with Crippen LogP contribution in [0.5, 0.6) is 0 Å². The maximum absolute atomic E-state index is 13.9. The average molecular weight is 464 g/mol. The number of aliphatic carboxylic acids is 1. The molecule has 2 aromatic carbocycles. The Labute approximate surface area is 183 Å². The smallest absolute Gasteiger partial charge is 0.419 e. The largest absolute Gasteiger partial charge is 0.480 e. The van der Waals surface area contributed by atoms with Crippen molar-refractivity contribution in [3.05, 3.63) is 71.5 Å². The molecule has 0 aliphatic carbocycles. The highest BCUT2D eigenvalue weighted by atomic mass is 32.2. The Morgan fingerprint density at radius 3 is 2.66 bits per heavy atom. The van der Waals surface area contributed by atoms with E-state index in [0.717, 1.165) is 27.9 Å². The molecule has 2 heterocycles. The highest BCUT2D eigenvalue weighted by Crippen LogP contribution is 2.34. The minimum absolute atomic E-state index is 0.0481. The van der Waals surface area contributed by atoms with E-state index in [1.165, 1.54) is 11.8 Å². The van der Waals surface area contributed by atoms with Crippen LogP contribution in [0.15, 0.2) is 58.0 Å². The van der Waals surface area contributed by atoms with E-state index in [9.17, 15) is 22.4 Å². The van der Waals surface area contributed by atoms with Gasteiger partial charge in [0.2, 0.25) is 5.89 Å². The van der Waals surface area contributed by atoms with Crippen molar-refractivity contribution in [2.75, 3.05) is 0 Å². The van der Waals surface area contributed by atoms with Gasteiger partial charge in [-0.05, 0) is 49.4 Å². The number of nitrogens with zero attached hydrogens (tertiary/aromatic N) is 2. The molecule has 0 radical (unpaired) electrons. The molecule has 0 spiro atoms. The molecule has 0 aliphatic heterocycles. The predicted molar refractivity (Wildman–Crippen MR) is 111 cm³/mol. The summed E-state index contributed by atoms with van der Waals surface area (Å²) in [4.78, 5) is 16.1. The van der Waals surface area contributed by atoms with Crippen LogP contribution in [-0.4, -0.2) is 20.6 Å². The third-order valence-electron chi connectivity index (χ3n) is 4.83. The summed E-state index contributed by atoms with van der Waals surface area (Å²) in [7, 11) is 0. The Bertz CT molecular complexity index is 1310. The van der Waals surface area contributed by atoms with Gasteiger partial charge in [-0.3, -0.25) is 4.79 Å². The Balaban J connectivity index is 1.51. The number of hydrogen-bond acceptors (Lipinski definition) is 4. The molecule has 166 valence electrons. The normalized spacial score (nSPS) is 11.9. The quantitative estimate of drug-likeness (QED) is 0.274. The SMILES string of the molecule is Cc1nc(-c2ccc(C(F)(F)F)c(F)c2)oc1CSc1ccc2c(ccn2CC(=O)O)c1. The lowest BCUT2D eigenvalue weighted by molar-refractivity contribution is -0.140. The molecule has 0 saturated carbocycles. The number of alkyl halides is 3. The van der Waals surface area contributed by atoms with E-state index in [2.05, 4.69) is 4.98 Å². The zero-order valence-electron chi connectivity index (χ0n) is 16.6. The maximum atomic E-state index is 13.9. The van der Waals surface area contributed by atoms with Gasteiger partial charge in [0.05, 0.1) is 17.0 Å². The number of thioether (sulfide) groups is 1. The second-order valence-corrected chi connectivity index (χ2v) is 8.12. The van der Waals surface area contributed by atoms with Crippen LogP contribution in [0, 0.1) is 12.7 Å². The number of carboxylic acid groups (broad SMARTS) is 1. The van der Waals surface area contributed by atoms with E-state index in [1.807, 2.05) is 24.3 Å². The molecule has 1 N–H and O–H groups in total. The standard InChI is InChI=1S/C22H16F4N2O3S/c1-12-19(31-21(27-12)14-2-4-16(17(23)9-14)22(24,25)26)11-32-15-3-5-18-13(8-15)6-7-28(18)10-20(29)30/h2-9H,10-11H2,1H3,(H,29,30). The zero-order valence-corrected chi connectivity index (χ0v) is 17.4. The fourth-order valence-electron chi connectivity index (χ4n) is 3.26. The lowest BCUT2D eigenvalue weighted by atomic mass is 10.1. The van der Waals surface area contributed by atoms with E-state index in [4.69, 9.17) is 9.52 Å². The van der Waals surface area contributed by atoms with Gasteiger partial charge >= 0.3 is 12.1 Å². The topological polar surface area (TPSA) is 68.3 Å². The first-order valence-electron chi connectivity index (χ1n) is 9.39. The lowest BCUT2D eigenvalue weighted by Gasteiger charge is -2.08. The number of halogens is 4. The number of benzene rings is 2. The number of carbonyl (C=O) groups is 1. The molecule has 0 atom stereocenters. The van der Waals surface area contributed by atoms with Crippen LogP contribution in [0.4, 0.5) is 17.6 Å². The van der Waals surface area contributed by atoms with Crippen molar-refractivity contribution in [2.24, 2.45) is 0 Å². The first-order chi connectivity index (χ1) is 15.1.